The first-order chi connectivity index (χ1) is 8.06. The molecule has 0 spiro atoms. The molecule has 0 aromatic carbocycles. The van der Waals surface area contributed by atoms with Crippen molar-refractivity contribution in [3.8, 4) is 0 Å². The topological polar surface area (TPSA) is 60.0 Å². The molecule has 2 rings (SSSR count). The third kappa shape index (κ3) is 2.83. The van der Waals surface area contributed by atoms with E-state index >= 15 is 0 Å². The predicted octanol–water partition coefficient (Wildman–Crippen LogP) is 1.53. The van der Waals surface area contributed by atoms with E-state index in [-0.39, 0.29) is 6.04 Å². The van der Waals surface area contributed by atoms with Gasteiger partial charge in [-0.2, -0.15) is 5.10 Å². The number of hydrogen-bond acceptors (Lipinski definition) is 5. The Labute approximate surface area is 105 Å². The van der Waals surface area contributed by atoms with Gasteiger partial charge in [-0.3, -0.25) is 4.68 Å². The monoisotopic (exact) mass is 251 g/mol. The highest BCUT2D eigenvalue weighted by Crippen LogP contribution is 2.23. The summed E-state index contributed by atoms with van der Waals surface area (Å²) in [5.74, 6) is 0. The SMILES string of the molecule is CC(N)c1csc(N(C)Cc2cnn(C)c2)n1. The lowest BCUT2D eigenvalue weighted by atomic mass is 10.3. The minimum Gasteiger partial charge on any atom is -0.347 e. The molecule has 0 radical (unpaired) electrons. The van der Waals surface area contributed by atoms with Crippen molar-refractivity contribution in [2.75, 3.05) is 11.9 Å². The second-order valence-electron chi connectivity index (χ2n) is 4.22. The van der Waals surface area contributed by atoms with Gasteiger partial charge in [0, 0.05) is 43.8 Å². The van der Waals surface area contributed by atoms with Gasteiger partial charge in [0.25, 0.3) is 0 Å². The molecule has 2 N–H and O–H groups in total. The van der Waals surface area contributed by atoms with Crippen LogP contribution in [0.3, 0.4) is 0 Å². The number of hydrogen-bond donors (Lipinski definition) is 1. The third-order valence-electron chi connectivity index (χ3n) is 2.48. The highest BCUT2D eigenvalue weighted by Gasteiger charge is 2.10. The van der Waals surface area contributed by atoms with Gasteiger partial charge in [-0.15, -0.1) is 11.3 Å². The summed E-state index contributed by atoms with van der Waals surface area (Å²) in [5.41, 5.74) is 7.92. The Morgan fingerprint density at radius 1 is 1.59 bits per heavy atom. The molecule has 2 aromatic heterocycles. The normalized spacial score (nSPS) is 12.7. The van der Waals surface area contributed by atoms with Gasteiger partial charge in [0.2, 0.25) is 0 Å². The number of thiazole rings is 1. The minimum atomic E-state index is -0.00760. The number of anilines is 1. The van der Waals surface area contributed by atoms with Crippen molar-refractivity contribution < 1.29 is 0 Å². The van der Waals surface area contributed by atoms with E-state index in [1.165, 1.54) is 5.56 Å². The van der Waals surface area contributed by atoms with Crippen LogP contribution in [-0.2, 0) is 13.6 Å². The lowest BCUT2D eigenvalue weighted by Crippen LogP contribution is -2.16. The molecular weight excluding hydrogens is 234 g/mol. The van der Waals surface area contributed by atoms with Crippen LogP contribution in [0.5, 0.6) is 0 Å². The molecule has 2 aromatic rings. The summed E-state index contributed by atoms with van der Waals surface area (Å²) in [6.07, 6.45) is 3.88. The molecule has 2 heterocycles. The number of nitrogens with two attached hydrogens (primary N) is 1. The average Bonchev–Trinajstić information content (AvgIpc) is 2.86. The second kappa shape index (κ2) is 4.85. The highest BCUT2D eigenvalue weighted by atomic mass is 32.1. The highest BCUT2D eigenvalue weighted by molar-refractivity contribution is 7.13. The van der Waals surface area contributed by atoms with Crippen LogP contribution in [0.4, 0.5) is 5.13 Å². The Bertz CT molecular complexity index is 488. The zero-order valence-corrected chi connectivity index (χ0v) is 11.1. The zero-order valence-electron chi connectivity index (χ0n) is 10.3. The molecule has 5 nitrogen and oxygen atoms in total. The average molecular weight is 251 g/mol. The molecule has 0 aliphatic rings. The molecule has 1 atom stereocenters. The third-order valence-corrected chi connectivity index (χ3v) is 3.45. The largest absolute Gasteiger partial charge is 0.347 e. The Morgan fingerprint density at radius 2 is 2.35 bits per heavy atom. The van der Waals surface area contributed by atoms with Gasteiger partial charge < -0.3 is 10.6 Å². The van der Waals surface area contributed by atoms with E-state index in [0.717, 1.165) is 17.4 Å². The van der Waals surface area contributed by atoms with Crippen molar-refractivity contribution in [2.24, 2.45) is 12.8 Å². The molecule has 0 fully saturated rings. The van der Waals surface area contributed by atoms with Gasteiger partial charge >= 0.3 is 0 Å². The Morgan fingerprint density at radius 3 is 2.88 bits per heavy atom. The van der Waals surface area contributed by atoms with Crippen LogP contribution in [0.25, 0.3) is 0 Å². The summed E-state index contributed by atoms with van der Waals surface area (Å²) < 4.78 is 1.80. The van der Waals surface area contributed by atoms with Gasteiger partial charge in [0.15, 0.2) is 5.13 Å². The second-order valence-corrected chi connectivity index (χ2v) is 5.06. The molecule has 0 saturated carbocycles. The van der Waals surface area contributed by atoms with Crippen molar-refractivity contribution in [1.29, 1.82) is 0 Å². The lowest BCUT2D eigenvalue weighted by Gasteiger charge is -2.14. The summed E-state index contributed by atoms with van der Waals surface area (Å²) >= 11 is 1.62. The summed E-state index contributed by atoms with van der Waals surface area (Å²) in [4.78, 5) is 6.61. The molecule has 0 aliphatic heterocycles. The molecule has 0 aliphatic carbocycles. The molecular formula is C11H17N5S. The Kier molecular flexibility index (Phi) is 3.44. The number of aromatic nitrogens is 3. The van der Waals surface area contributed by atoms with Crippen molar-refractivity contribution >= 4 is 16.5 Å². The molecule has 0 amide bonds. The Hall–Kier alpha value is -1.40. The fourth-order valence-electron chi connectivity index (χ4n) is 1.56. The first kappa shape index (κ1) is 12.1. The van der Waals surface area contributed by atoms with E-state index in [2.05, 4.69) is 15.0 Å². The maximum Gasteiger partial charge on any atom is 0.185 e. The van der Waals surface area contributed by atoms with E-state index in [1.54, 1.807) is 16.0 Å². The summed E-state index contributed by atoms with van der Waals surface area (Å²) in [5, 5.41) is 7.15. The van der Waals surface area contributed by atoms with Crippen LogP contribution in [0, 0.1) is 0 Å². The van der Waals surface area contributed by atoms with Crippen molar-refractivity contribution in [2.45, 2.75) is 19.5 Å². The minimum absolute atomic E-state index is 0.00760. The van der Waals surface area contributed by atoms with Crippen LogP contribution in [0.15, 0.2) is 17.8 Å². The molecule has 17 heavy (non-hydrogen) atoms. The summed E-state index contributed by atoms with van der Waals surface area (Å²) in [7, 11) is 3.94. The molecule has 92 valence electrons. The Balaban J connectivity index is 2.06. The first-order valence-corrected chi connectivity index (χ1v) is 6.34. The maximum atomic E-state index is 5.80. The van der Waals surface area contributed by atoms with Crippen LogP contribution >= 0.6 is 11.3 Å². The molecule has 0 bridgehead atoms. The lowest BCUT2D eigenvalue weighted by molar-refractivity contribution is 0.766. The van der Waals surface area contributed by atoms with Crippen LogP contribution in [0.1, 0.15) is 24.2 Å². The molecule has 0 saturated heterocycles. The fraction of sp³-hybridized carbons (Fsp3) is 0.455. The number of aryl methyl sites for hydroxylation is 1. The van der Waals surface area contributed by atoms with E-state index in [0.29, 0.717) is 0 Å². The molecule has 1 unspecified atom stereocenters. The van der Waals surface area contributed by atoms with Gasteiger partial charge in [0.05, 0.1) is 11.9 Å². The van der Waals surface area contributed by atoms with Gasteiger partial charge in [-0.05, 0) is 6.92 Å². The molecule has 6 heteroatoms. The van der Waals surface area contributed by atoms with E-state index in [4.69, 9.17) is 5.73 Å². The summed E-state index contributed by atoms with van der Waals surface area (Å²) in [6, 6.07) is -0.00760. The van der Waals surface area contributed by atoms with E-state index < -0.39 is 0 Å². The summed E-state index contributed by atoms with van der Waals surface area (Å²) in [6.45, 7) is 2.75. The van der Waals surface area contributed by atoms with E-state index in [1.807, 2.05) is 38.8 Å². The first-order valence-electron chi connectivity index (χ1n) is 5.46. The fourth-order valence-corrected chi connectivity index (χ4v) is 2.45. The van der Waals surface area contributed by atoms with Crippen LogP contribution < -0.4 is 10.6 Å². The van der Waals surface area contributed by atoms with Crippen molar-refractivity contribution in [3.63, 3.8) is 0 Å². The van der Waals surface area contributed by atoms with Crippen LogP contribution in [-0.4, -0.2) is 21.8 Å². The van der Waals surface area contributed by atoms with Crippen molar-refractivity contribution in [3.05, 3.63) is 29.0 Å². The quantitative estimate of drug-likeness (QED) is 0.895. The van der Waals surface area contributed by atoms with Gasteiger partial charge in [-0.25, -0.2) is 4.98 Å². The maximum absolute atomic E-state index is 5.80. The number of nitrogens with zero attached hydrogens (tertiary/aromatic N) is 4. The smallest absolute Gasteiger partial charge is 0.185 e. The van der Waals surface area contributed by atoms with Crippen LogP contribution in [0.2, 0.25) is 0 Å². The van der Waals surface area contributed by atoms with Gasteiger partial charge in [-0.1, -0.05) is 0 Å². The zero-order chi connectivity index (χ0) is 12.4. The standard InChI is InChI=1S/C11H17N5S/c1-8(12)10-7-17-11(14-10)15(2)5-9-4-13-16(3)6-9/h4,6-8H,5,12H2,1-3H3. The van der Waals surface area contributed by atoms with Gasteiger partial charge in [0.1, 0.15) is 0 Å². The number of rotatable bonds is 4. The predicted molar refractivity (Wildman–Crippen MR) is 70.0 cm³/mol. The van der Waals surface area contributed by atoms with Crippen molar-refractivity contribution in [1.82, 2.24) is 14.8 Å². The van der Waals surface area contributed by atoms with E-state index in [9.17, 15) is 0 Å².